The Morgan fingerprint density at radius 3 is 1.90 bits per heavy atom. The highest BCUT2D eigenvalue weighted by Crippen LogP contribution is 2.08. The highest BCUT2D eigenvalue weighted by molar-refractivity contribution is 6.79. The fraction of sp³-hybridized carbons (Fsp3) is 0.625. The Bertz CT molecular complexity index is 380. The number of hydrogen-bond acceptors (Lipinski definition) is 4. The number of rotatable bonds is 12. The summed E-state index contributed by atoms with van der Waals surface area (Å²) in [6.45, 7) is 3.16. The van der Waals surface area contributed by atoms with Gasteiger partial charge in [0.05, 0.1) is 0 Å². The molecule has 0 fully saturated rings. The lowest BCUT2D eigenvalue weighted by molar-refractivity contribution is -0.146. The van der Waals surface area contributed by atoms with Gasteiger partial charge in [0, 0.05) is 6.92 Å². The van der Waals surface area contributed by atoms with Crippen LogP contribution in [0.1, 0.15) is 65.2 Å². The lowest BCUT2D eigenvalue weighted by Gasteiger charge is -1.98. The zero-order valence-electron chi connectivity index (χ0n) is 12.4. The maximum atomic E-state index is 11.3. The second-order valence-corrected chi connectivity index (χ2v) is 4.89. The van der Waals surface area contributed by atoms with E-state index in [0.29, 0.717) is 6.42 Å². The SMILES string of the molecule is CCCCCCCCC/C=C/C(=O)C(=O)C(=O)C(C)=O. The summed E-state index contributed by atoms with van der Waals surface area (Å²) in [5.74, 6) is -4.29. The number of hydrogen-bond donors (Lipinski definition) is 0. The summed E-state index contributed by atoms with van der Waals surface area (Å²) < 4.78 is 0. The van der Waals surface area contributed by atoms with Crippen LogP contribution in [0.25, 0.3) is 0 Å². The van der Waals surface area contributed by atoms with Crippen LogP contribution in [0.15, 0.2) is 12.2 Å². The van der Waals surface area contributed by atoms with Crippen molar-refractivity contribution in [1.82, 2.24) is 0 Å². The minimum atomic E-state index is -1.24. The van der Waals surface area contributed by atoms with Gasteiger partial charge in [0.25, 0.3) is 11.6 Å². The second kappa shape index (κ2) is 11.3. The molecule has 0 aromatic carbocycles. The molecule has 112 valence electrons. The lowest BCUT2D eigenvalue weighted by Crippen LogP contribution is -2.27. The summed E-state index contributed by atoms with van der Waals surface area (Å²) in [5.41, 5.74) is 0. The normalized spacial score (nSPS) is 10.7. The molecule has 0 bridgehead atoms. The Labute approximate surface area is 120 Å². The van der Waals surface area contributed by atoms with E-state index in [1.165, 1.54) is 32.1 Å². The summed E-state index contributed by atoms with van der Waals surface area (Å²) >= 11 is 0. The Balaban J connectivity index is 3.75. The van der Waals surface area contributed by atoms with Crippen molar-refractivity contribution in [1.29, 1.82) is 0 Å². The van der Waals surface area contributed by atoms with Gasteiger partial charge in [-0.25, -0.2) is 0 Å². The van der Waals surface area contributed by atoms with Crippen LogP contribution in [-0.4, -0.2) is 23.1 Å². The van der Waals surface area contributed by atoms with Crippen molar-refractivity contribution >= 4 is 23.1 Å². The molecule has 0 spiro atoms. The molecule has 0 radical (unpaired) electrons. The monoisotopic (exact) mass is 280 g/mol. The van der Waals surface area contributed by atoms with Gasteiger partial charge in [-0.3, -0.25) is 19.2 Å². The molecule has 0 aromatic heterocycles. The quantitative estimate of drug-likeness (QED) is 0.238. The molecule has 0 amide bonds. The van der Waals surface area contributed by atoms with Crippen LogP contribution in [0, 0.1) is 0 Å². The van der Waals surface area contributed by atoms with E-state index in [9.17, 15) is 19.2 Å². The zero-order valence-corrected chi connectivity index (χ0v) is 12.4. The third-order valence-electron chi connectivity index (χ3n) is 2.99. The topological polar surface area (TPSA) is 68.3 Å². The molecule has 0 aromatic rings. The molecule has 0 saturated carbocycles. The Morgan fingerprint density at radius 1 is 0.800 bits per heavy atom. The number of ketones is 4. The summed E-state index contributed by atoms with van der Waals surface area (Å²) in [6.07, 6.45) is 11.7. The molecule has 4 heteroatoms. The van der Waals surface area contributed by atoms with Crippen molar-refractivity contribution in [3.8, 4) is 0 Å². The van der Waals surface area contributed by atoms with Crippen LogP contribution in [0.4, 0.5) is 0 Å². The lowest BCUT2D eigenvalue weighted by atomic mass is 10.1. The van der Waals surface area contributed by atoms with Crippen LogP contribution in [0.2, 0.25) is 0 Å². The molecule has 0 saturated heterocycles. The van der Waals surface area contributed by atoms with Crippen LogP contribution >= 0.6 is 0 Å². The van der Waals surface area contributed by atoms with E-state index in [-0.39, 0.29) is 0 Å². The van der Waals surface area contributed by atoms with E-state index in [1.54, 1.807) is 6.08 Å². The molecule has 0 aliphatic rings. The maximum Gasteiger partial charge on any atom is 0.276 e. The molecule has 0 atom stereocenters. The molecule has 0 heterocycles. The maximum absolute atomic E-state index is 11.3. The van der Waals surface area contributed by atoms with Gasteiger partial charge in [-0.2, -0.15) is 0 Å². The van der Waals surface area contributed by atoms with Crippen LogP contribution in [0.3, 0.4) is 0 Å². The van der Waals surface area contributed by atoms with Gasteiger partial charge in [0.15, 0.2) is 0 Å². The highest BCUT2D eigenvalue weighted by Gasteiger charge is 2.23. The van der Waals surface area contributed by atoms with Crippen LogP contribution in [-0.2, 0) is 19.2 Å². The first-order chi connectivity index (χ1) is 9.50. The fourth-order valence-electron chi connectivity index (χ4n) is 1.76. The predicted molar refractivity (Wildman–Crippen MR) is 77.5 cm³/mol. The first-order valence-electron chi connectivity index (χ1n) is 7.30. The van der Waals surface area contributed by atoms with Gasteiger partial charge in [-0.15, -0.1) is 0 Å². The Hall–Kier alpha value is -1.58. The molecule has 0 aliphatic carbocycles. The van der Waals surface area contributed by atoms with E-state index in [0.717, 1.165) is 25.8 Å². The first-order valence-corrected chi connectivity index (χ1v) is 7.30. The summed E-state index contributed by atoms with van der Waals surface area (Å²) in [4.78, 5) is 44.1. The number of unbranched alkanes of at least 4 members (excludes halogenated alkanes) is 7. The van der Waals surface area contributed by atoms with Crippen molar-refractivity contribution in [3.05, 3.63) is 12.2 Å². The molecular formula is C16H24O4. The van der Waals surface area contributed by atoms with Crippen molar-refractivity contribution in [2.24, 2.45) is 0 Å². The Kier molecular flexibility index (Phi) is 10.4. The van der Waals surface area contributed by atoms with Crippen molar-refractivity contribution < 1.29 is 19.2 Å². The molecule has 4 nitrogen and oxygen atoms in total. The standard InChI is InChI=1S/C16H24O4/c1-3-4-5-6-7-8-9-10-11-12-14(18)16(20)15(19)13(2)17/h11-12H,3-10H2,1-2H3/b12-11+. The largest absolute Gasteiger partial charge is 0.291 e. The van der Waals surface area contributed by atoms with Gasteiger partial charge in [-0.1, -0.05) is 51.5 Å². The predicted octanol–water partition coefficient (Wildman–Crippen LogP) is 2.98. The third-order valence-corrected chi connectivity index (χ3v) is 2.99. The zero-order chi connectivity index (χ0) is 15.4. The molecule has 20 heavy (non-hydrogen) atoms. The number of allylic oxidation sites excluding steroid dienone is 2. The van der Waals surface area contributed by atoms with E-state index in [4.69, 9.17) is 0 Å². The van der Waals surface area contributed by atoms with Gasteiger partial charge in [0.1, 0.15) is 0 Å². The van der Waals surface area contributed by atoms with E-state index in [1.807, 2.05) is 0 Å². The average molecular weight is 280 g/mol. The van der Waals surface area contributed by atoms with Crippen molar-refractivity contribution in [2.75, 3.05) is 0 Å². The minimum absolute atomic E-state index is 0.709. The van der Waals surface area contributed by atoms with Crippen molar-refractivity contribution in [3.63, 3.8) is 0 Å². The first kappa shape index (κ1) is 18.4. The van der Waals surface area contributed by atoms with Crippen LogP contribution < -0.4 is 0 Å². The molecular weight excluding hydrogens is 256 g/mol. The third kappa shape index (κ3) is 8.51. The molecule has 0 N–H and O–H groups in total. The minimum Gasteiger partial charge on any atom is -0.291 e. The fourth-order valence-corrected chi connectivity index (χ4v) is 1.76. The molecule has 0 aliphatic heterocycles. The van der Waals surface area contributed by atoms with Gasteiger partial charge < -0.3 is 0 Å². The summed E-state index contributed by atoms with van der Waals surface area (Å²) in [6, 6.07) is 0. The summed E-state index contributed by atoms with van der Waals surface area (Å²) in [5, 5.41) is 0. The van der Waals surface area contributed by atoms with Gasteiger partial charge in [0.2, 0.25) is 11.6 Å². The van der Waals surface area contributed by atoms with E-state index in [2.05, 4.69) is 6.92 Å². The average Bonchev–Trinajstić information content (AvgIpc) is 2.43. The number of Topliss-reactive ketones (excluding diaryl/α,β-unsaturated/α-hetero) is 3. The van der Waals surface area contributed by atoms with E-state index >= 15 is 0 Å². The summed E-state index contributed by atoms with van der Waals surface area (Å²) in [7, 11) is 0. The second-order valence-electron chi connectivity index (χ2n) is 4.89. The van der Waals surface area contributed by atoms with Gasteiger partial charge >= 0.3 is 0 Å². The smallest absolute Gasteiger partial charge is 0.276 e. The van der Waals surface area contributed by atoms with Crippen LogP contribution in [0.5, 0.6) is 0 Å². The molecule has 0 unspecified atom stereocenters. The Morgan fingerprint density at radius 2 is 1.35 bits per heavy atom. The highest BCUT2D eigenvalue weighted by atomic mass is 16.2. The van der Waals surface area contributed by atoms with Crippen molar-refractivity contribution in [2.45, 2.75) is 65.2 Å². The van der Waals surface area contributed by atoms with E-state index < -0.39 is 23.1 Å². The number of carbonyl (C=O) groups is 4. The van der Waals surface area contributed by atoms with Gasteiger partial charge in [-0.05, 0) is 18.9 Å². The number of carbonyl (C=O) groups excluding carboxylic acids is 4. The molecule has 0 rings (SSSR count).